The summed E-state index contributed by atoms with van der Waals surface area (Å²) < 4.78 is 24.5. The van der Waals surface area contributed by atoms with Crippen LogP contribution in [-0.2, 0) is 12.0 Å². The van der Waals surface area contributed by atoms with Crippen LogP contribution in [-0.4, -0.2) is 10.7 Å². The van der Waals surface area contributed by atoms with E-state index in [0.29, 0.717) is 23.2 Å². The van der Waals surface area contributed by atoms with E-state index in [0.717, 1.165) is 16.4 Å². The van der Waals surface area contributed by atoms with Gasteiger partial charge in [-0.1, -0.05) is 32.5 Å². The van der Waals surface area contributed by atoms with Crippen LogP contribution in [0.2, 0.25) is 0 Å². The van der Waals surface area contributed by atoms with Gasteiger partial charge in [0.15, 0.2) is 0 Å². The average molecular weight is 328 g/mol. The predicted octanol–water partition coefficient (Wildman–Crippen LogP) is 5.37. The molecule has 0 aliphatic rings. The first-order chi connectivity index (χ1) is 9.84. The lowest BCUT2D eigenvalue weighted by Gasteiger charge is -2.13. The fourth-order valence-electron chi connectivity index (χ4n) is 1.68. The first-order valence-corrected chi connectivity index (χ1v) is 8.34. The van der Waals surface area contributed by atoms with Gasteiger partial charge in [0.1, 0.15) is 0 Å². The molecule has 0 saturated carbocycles. The highest BCUT2D eigenvalue weighted by Crippen LogP contribution is 2.27. The summed E-state index contributed by atoms with van der Waals surface area (Å²) in [6.07, 6.45) is 0. The number of anilines is 1. The van der Waals surface area contributed by atoms with Crippen LogP contribution in [0.1, 0.15) is 31.5 Å². The van der Waals surface area contributed by atoms with Crippen LogP contribution in [0.15, 0.2) is 34.5 Å². The molecule has 0 aliphatic heterocycles. The van der Waals surface area contributed by atoms with E-state index in [1.54, 1.807) is 23.5 Å². The zero-order valence-corrected chi connectivity index (χ0v) is 13.8. The van der Waals surface area contributed by atoms with Crippen molar-refractivity contribution >= 4 is 28.8 Å². The molecular formula is C15H18F2N2S2. The molecule has 0 atom stereocenters. The summed E-state index contributed by atoms with van der Waals surface area (Å²) in [5.41, 5.74) is 1.96. The number of aromatic nitrogens is 1. The van der Waals surface area contributed by atoms with Gasteiger partial charge in [-0.2, -0.15) is 8.78 Å². The number of benzene rings is 1. The maximum Gasteiger partial charge on any atom is 0.288 e. The van der Waals surface area contributed by atoms with E-state index >= 15 is 0 Å². The number of hydrogen-bond acceptors (Lipinski definition) is 4. The van der Waals surface area contributed by atoms with Gasteiger partial charge in [-0.15, -0.1) is 11.3 Å². The van der Waals surface area contributed by atoms with Gasteiger partial charge in [-0.05, 0) is 24.3 Å². The normalized spacial score (nSPS) is 11.9. The Hall–Kier alpha value is -1.14. The number of halogens is 2. The van der Waals surface area contributed by atoms with E-state index in [1.807, 2.05) is 12.1 Å². The van der Waals surface area contributed by atoms with Gasteiger partial charge in [0.05, 0.1) is 17.2 Å². The summed E-state index contributed by atoms with van der Waals surface area (Å²) in [6.45, 7) is 7.06. The number of nitrogens with one attached hydrogen (secondary N) is 1. The second kappa shape index (κ2) is 6.75. The molecule has 2 nitrogen and oxygen atoms in total. The first-order valence-electron chi connectivity index (χ1n) is 6.58. The minimum absolute atomic E-state index is 0.0665. The number of nitrogens with zero attached hydrogens (tertiary/aromatic N) is 1. The Kier molecular flexibility index (Phi) is 5.22. The van der Waals surface area contributed by atoms with Gasteiger partial charge in [0.25, 0.3) is 5.76 Å². The van der Waals surface area contributed by atoms with Crippen molar-refractivity contribution < 1.29 is 8.78 Å². The van der Waals surface area contributed by atoms with Crippen LogP contribution in [0.4, 0.5) is 14.5 Å². The summed E-state index contributed by atoms with van der Waals surface area (Å²) >= 11 is 2.22. The van der Waals surface area contributed by atoms with Crippen LogP contribution in [0, 0.1) is 0 Å². The summed E-state index contributed by atoms with van der Waals surface area (Å²) in [4.78, 5) is 5.17. The van der Waals surface area contributed by atoms with E-state index in [-0.39, 0.29) is 5.41 Å². The molecule has 0 aliphatic carbocycles. The summed E-state index contributed by atoms with van der Waals surface area (Å²) in [6, 6.07) is 7.01. The molecule has 21 heavy (non-hydrogen) atoms. The van der Waals surface area contributed by atoms with Gasteiger partial charge in [-0.3, -0.25) is 0 Å². The summed E-state index contributed by atoms with van der Waals surface area (Å²) in [5, 5.41) is 6.42. The topological polar surface area (TPSA) is 24.9 Å². The smallest absolute Gasteiger partial charge is 0.288 e. The van der Waals surface area contributed by atoms with E-state index in [1.165, 1.54) is 0 Å². The van der Waals surface area contributed by atoms with Crippen molar-refractivity contribution in [3.05, 3.63) is 40.3 Å². The second-order valence-electron chi connectivity index (χ2n) is 5.65. The van der Waals surface area contributed by atoms with Crippen LogP contribution in [0.5, 0.6) is 0 Å². The van der Waals surface area contributed by atoms with Crippen LogP contribution in [0.3, 0.4) is 0 Å². The van der Waals surface area contributed by atoms with Crippen LogP contribution in [0.25, 0.3) is 0 Å². The SMILES string of the molecule is CC(C)(C)c1nc(CNc2ccc(SC(F)F)cc2)cs1. The number of thiazole rings is 1. The van der Waals surface area contributed by atoms with Crippen molar-refractivity contribution in [1.82, 2.24) is 4.98 Å². The molecule has 0 fully saturated rings. The Balaban J connectivity index is 1.92. The van der Waals surface area contributed by atoms with Crippen molar-refractivity contribution in [3.8, 4) is 0 Å². The van der Waals surface area contributed by atoms with Gasteiger partial charge in [0, 0.05) is 21.4 Å². The molecule has 1 aromatic heterocycles. The molecule has 0 saturated heterocycles. The molecule has 1 heterocycles. The molecule has 1 N–H and O–H groups in total. The third-order valence-corrected chi connectivity index (χ3v) is 4.79. The molecule has 0 radical (unpaired) electrons. The molecule has 0 amide bonds. The Bertz CT molecular complexity index is 574. The minimum atomic E-state index is -2.38. The number of alkyl halides is 2. The first kappa shape index (κ1) is 16.2. The number of thioether (sulfide) groups is 1. The van der Waals surface area contributed by atoms with E-state index < -0.39 is 5.76 Å². The molecule has 114 valence electrons. The van der Waals surface area contributed by atoms with Gasteiger partial charge >= 0.3 is 0 Å². The second-order valence-corrected chi connectivity index (χ2v) is 7.57. The van der Waals surface area contributed by atoms with Crippen molar-refractivity contribution in [2.45, 2.75) is 43.4 Å². The average Bonchev–Trinajstić information content (AvgIpc) is 2.86. The fraction of sp³-hybridized carbons (Fsp3) is 0.400. The van der Waals surface area contributed by atoms with E-state index in [9.17, 15) is 8.78 Å². The molecule has 1 aromatic carbocycles. The predicted molar refractivity (Wildman–Crippen MR) is 86.4 cm³/mol. The standard InChI is InChI=1S/C15H18F2N2S2/c1-15(2,3)13-19-11(9-20-13)8-18-10-4-6-12(7-5-10)21-14(16)17/h4-7,9,14,18H,8H2,1-3H3. The van der Waals surface area contributed by atoms with E-state index in [4.69, 9.17) is 0 Å². The molecule has 0 spiro atoms. The third kappa shape index (κ3) is 4.97. The number of rotatable bonds is 5. The maximum atomic E-state index is 12.2. The zero-order valence-electron chi connectivity index (χ0n) is 12.2. The third-order valence-electron chi connectivity index (χ3n) is 2.75. The lowest BCUT2D eigenvalue weighted by atomic mass is 9.98. The van der Waals surface area contributed by atoms with Gasteiger partial charge in [0.2, 0.25) is 0 Å². The summed E-state index contributed by atoms with van der Waals surface area (Å²) in [5.74, 6) is -2.38. The molecular weight excluding hydrogens is 310 g/mol. The largest absolute Gasteiger partial charge is 0.379 e. The Labute approximate surface area is 132 Å². The molecule has 2 rings (SSSR count). The highest BCUT2D eigenvalue weighted by atomic mass is 32.2. The van der Waals surface area contributed by atoms with Crippen LogP contribution < -0.4 is 5.32 Å². The minimum Gasteiger partial charge on any atom is -0.379 e. The highest BCUT2D eigenvalue weighted by molar-refractivity contribution is 7.99. The quantitative estimate of drug-likeness (QED) is 0.747. The summed E-state index contributed by atoms with van der Waals surface area (Å²) in [7, 11) is 0. The van der Waals surface area contributed by atoms with Crippen molar-refractivity contribution in [3.63, 3.8) is 0 Å². The Morgan fingerprint density at radius 3 is 2.43 bits per heavy atom. The Morgan fingerprint density at radius 1 is 1.24 bits per heavy atom. The monoisotopic (exact) mass is 328 g/mol. The van der Waals surface area contributed by atoms with Crippen molar-refractivity contribution in [2.75, 3.05) is 5.32 Å². The lowest BCUT2D eigenvalue weighted by molar-refractivity contribution is 0.252. The van der Waals surface area contributed by atoms with Crippen molar-refractivity contribution in [1.29, 1.82) is 0 Å². The maximum absolute atomic E-state index is 12.2. The Morgan fingerprint density at radius 2 is 1.90 bits per heavy atom. The highest BCUT2D eigenvalue weighted by Gasteiger charge is 2.17. The van der Waals surface area contributed by atoms with Crippen LogP contribution >= 0.6 is 23.1 Å². The van der Waals surface area contributed by atoms with Crippen molar-refractivity contribution in [2.24, 2.45) is 0 Å². The lowest BCUT2D eigenvalue weighted by Crippen LogP contribution is -2.11. The zero-order chi connectivity index (χ0) is 15.5. The molecule has 0 unspecified atom stereocenters. The molecule has 2 aromatic rings. The van der Waals surface area contributed by atoms with E-state index in [2.05, 4.69) is 36.5 Å². The van der Waals surface area contributed by atoms with Gasteiger partial charge < -0.3 is 5.32 Å². The molecule has 6 heteroatoms. The number of hydrogen-bond donors (Lipinski definition) is 1. The molecule has 0 bridgehead atoms. The van der Waals surface area contributed by atoms with Gasteiger partial charge in [-0.25, -0.2) is 4.98 Å². The fourth-order valence-corrected chi connectivity index (χ4v) is 3.09.